The number of amides is 1. The quantitative estimate of drug-likeness (QED) is 0.470. The lowest BCUT2D eigenvalue weighted by Gasteiger charge is -2.19. The first-order valence-corrected chi connectivity index (χ1v) is 7.82. The summed E-state index contributed by atoms with van der Waals surface area (Å²) in [5.41, 5.74) is 0. The van der Waals surface area contributed by atoms with Gasteiger partial charge in [0, 0.05) is 13.0 Å². The molecular formula is C13H24Cl3NO. The highest BCUT2D eigenvalue weighted by Gasteiger charge is 2.20. The van der Waals surface area contributed by atoms with E-state index in [-0.39, 0.29) is 11.9 Å². The summed E-state index contributed by atoms with van der Waals surface area (Å²) in [6.07, 6.45) is 8.07. The van der Waals surface area contributed by atoms with Gasteiger partial charge in [-0.1, -0.05) is 67.4 Å². The van der Waals surface area contributed by atoms with E-state index in [9.17, 15) is 4.79 Å². The molecule has 0 spiro atoms. The van der Waals surface area contributed by atoms with Crippen LogP contribution in [-0.4, -0.2) is 15.7 Å². The van der Waals surface area contributed by atoms with Gasteiger partial charge in [0.2, 0.25) is 5.91 Å². The van der Waals surface area contributed by atoms with Crippen LogP contribution in [0.15, 0.2) is 0 Å². The van der Waals surface area contributed by atoms with Gasteiger partial charge >= 0.3 is 0 Å². The highest BCUT2D eigenvalue weighted by Crippen LogP contribution is 2.32. The van der Waals surface area contributed by atoms with Crippen molar-refractivity contribution >= 4 is 40.7 Å². The zero-order valence-corrected chi connectivity index (χ0v) is 13.5. The molecule has 5 heteroatoms. The molecule has 0 aliphatic carbocycles. The second-order valence-corrected chi connectivity index (χ2v) is 7.27. The van der Waals surface area contributed by atoms with Gasteiger partial charge in [-0.2, -0.15) is 0 Å². The van der Waals surface area contributed by atoms with Gasteiger partial charge in [-0.25, -0.2) is 0 Å². The summed E-state index contributed by atoms with van der Waals surface area (Å²) in [5.74, 6) is 0.0179. The molecule has 0 aliphatic heterocycles. The Bertz CT molecular complexity index is 229. The lowest BCUT2D eigenvalue weighted by Crippen LogP contribution is -2.33. The minimum atomic E-state index is -1.18. The molecule has 18 heavy (non-hydrogen) atoms. The van der Waals surface area contributed by atoms with E-state index in [2.05, 4.69) is 12.2 Å². The Balaban J connectivity index is 3.87. The number of nitrogens with one attached hydrogen (secondary N) is 1. The molecule has 1 N–H and O–H groups in total. The second kappa shape index (κ2) is 10.2. The monoisotopic (exact) mass is 315 g/mol. The molecule has 0 rings (SSSR count). The van der Waals surface area contributed by atoms with Crippen molar-refractivity contribution in [2.75, 3.05) is 0 Å². The predicted octanol–water partition coefficient (Wildman–Crippen LogP) is 5.00. The van der Waals surface area contributed by atoms with E-state index in [1.54, 1.807) is 6.92 Å². The second-order valence-electron chi connectivity index (χ2n) is 4.75. The van der Waals surface area contributed by atoms with Gasteiger partial charge in [-0.05, 0) is 25.7 Å². The molecule has 0 fully saturated rings. The molecule has 0 bridgehead atoms. The highest BCUT2D eigenvalue weighted by molar-refractivity contribution is 6.67. The summed E-state index contributed by atoms with van der Waals surface area (Å²) in [6, 6.07) is 0.215. The van der Waals surface area contributed by atoms with E-state index in [1.165, 1.54) is 19.3 Å². The lowest BCUT2D eigenvalue weighted by molar-refractivity contribution is -0.119. The summed E-state index contributed by atoms with van der Waals surface area (Å²) >= 11 is 17.1. The van der Waals surface area contributed by atoms with Gasteiger partial charge in [0.25, 0.3) is 0 Å². The molecule has 2 nitrogen and oxygen atoms in total. The first-order chi connectivity index (χ1) is 8.35. The molecule has 0 saturated heterocycles. The fourth-order valence-electron chi connectivity index (χ4n) is 1.94. The molecule has 0 radical (unpaired) electrons. The Morgan fingerprint density at radius 3 is 2.22 bits per heavy atom. The summed E-state index contributed by atoms with van der Waals surface area (Å²) < 4.78 is -1.18. The summed E-state index contributed by atoms with van der Waals surface area (Å²) in [5, 5.41) is 2.97. The standard InChI is InChI=1S/C13H24Cl3NO/c1-3-4-5-6-8-12(17-11(2)18)9-7-10-13(14,15)16/h12H,3-10H2,1-2H3,(H,17,18). The average Bonchev–Trinajstić information content (AvgIpc) is 2.21. The van der Waals surface area contributed by atoms with Gasteiger partial charge in [-0.15, -0.1) is 0 Å². The fraction of sp³-hybridized carbons (Fsp3) is 0.923. The van der Waals surface area contributed by atoms with Crippen LogP contribution >= 0.6 is 34.8 Å². The number of carbonyl (C=O) groups excluding carboxylic acids is 1. The Morgan fingerprint density at radius 1 is 1.11 bits per heavy atom. The molecule has 1 unspecified atom stereocenters. The van der Waals surface area contributed by atoms with Crippen molar-refractivity contribution in [2.45, 2.75) is 75.0 Å². The van der Waals surface area contributed by atoms with Crippen molar-refractivity contribution in [3.63, 3.8) is 0 Å². The smallest absolute Gasteiger partial charge is 0.217 e. The number of hydrogen-bond acceptors (Lipinski definition) is 1. The molecule has 0 aromatic carbocycles. The van der Waals surface area contributed by atoms with Crippen LogP contribution in [0.25, 0.3) is 0 Å². The fourth-order valence-corrected chi connectivity index (χ4v) is 2.34. The van der Waals surface area contributed by atoms with Crippen LogP contribution in [0.5, 0.6) is 0 Å². The topological polar surface area (TPSA) is 29.1 Å². The van der Waals surface area contributed by atoms with Crippen molar-refractivity contribution in [2.24, 2.45) is 0 Å². The van der Waals surface area contributed by atoms with E-state index in [0.29, 0.717) is 6.42 Å². The third kappa shape index (κ3) is 12.8. The highest BCUT2D eigenvalue weighted by atomic mass is 35.6. The minimum absolute atomic E-state index is 0.0179. The summed E-state index contributed by atoms with van der Waals surface area (Å²) in [6.45, 7) is 3.74. The number of hydrogen-bond donors (Lipinski definition) is 1. The Hall–Kier alpha value is 0.340. The van der Waals surface area contributed by atoms with Crippen LogP contribution in [0, 0.1) is 0 Å². The molecule has 1 atom stereocenters. The lowest BCUT2D eigenvalue weighted by atomic mass is 10.0. The number of rotatable bonds is 9. The molecule has 1 amide bonds. The van der Waals surface area contributed by atoms with Crippen LogP contribution < -0.4 is 5.32 Å². The van der Waals surface area contributed by atoms with Crippen LogP contribution in [0.3, 0.4) is 0 Å². The molecule has 0 saturated carbocycles. The average molecular weight is 317 g/mol. The number of alkyl halides is 3. The van der Waals surface area contributed by atoms with Gasteiger partial charge in [0.1, 0.15) is 0 Å². The molecule has 0 aromatic heterocycles. The van der Waals surface area contributed by atoms with E-state index < -0.39 is 3.79 Å². The SMILES string of the molecule is CCCCCCC(CCCC(Cl)(Cl)Cl)NC(C)=O. The Morgan fingerprint density at radius 2 is 1.72 bits per heavy atom. The number of unbranched alkanes of at least 4 members (excludes halogenated alkanes) is 3. The van der Waals surface area contributed by atoms with Crippen molar-refractivity contribution in [3.8, 4) is 0 Å². The maximum atomic E-state index is 11.1. The van der Waals surface area contributed by atoms with Gasteiger partial charge in [-0.3, -0.25) is 4.79 Å². The molecule has 0 aromatic rings. The van der Waals surface area contributed by atoms with E-state index >= 15 is 0 Å². The molecule has 108 valence electrons. The Labute approximate surface area is 126 Å². The summed E-state index contributed by atoms with van der Waals surface area (Å²) in [4.78, 5) is 11.1. The predicted molar refractivity (Wildman–Crippen MR) is 80.5 cm³/mol. The third-order valence-corrected chi connectivity index (χ3v) is 3.39. The zero-order chi connectivity index (χ0) is 14.0. The van der Waals surface area contributed by atoms with Crippen molar-refractivity contribution in [1.29, 1.82) is 0 Å². The molecular weight excluding hydrogens is 293 g/mol. The number of carbonyl (C=O) groups is 1. The molecule has 0 heterocycles. The van der Waals surface area contributed by atoms with E-state index in [1.807, 2.05) is 0 Å². The van der Waals surface area contributed by atoms with Gasteiger partial charge in [0.15, 0.2) is 3.79 Å². The zero-order valence-electron chi connectivity index (χ0n) is 11.3. The Kier molecular flexibility index (Phi) is 10.4. The molecule has 0 aliphatic rings. The maximum absolute atomic E-state index is 11.1. The van der Waals surface area contributed by atoms with Gasteiger partial charge < -0.3 is 5.32 Å². The normalized spacial score (nSPS) is 13.4. The van der Waals surface area contributed by atoms with Crippen molar-refractivity contribution in [3.05, 3.63) is 0 Å². The number of halogens is 3. The first kappa shape index (κ1) is 18.3. The summed E-state index contributed by atoms with van der Waals surface area (Å²) in [7, 11) is 0. The van der Waals surface area contributed by atoms with Gasteiger partial charge in [0.05, 0.1) is 0 Å². The van der Waals surface area contributed by atoms with Crippen LogP contribution in [0.2, 0.25) is 0 Å². The van der Waals surface area contributed by atoms with Crippen molar-refractivity contribution < 1.29 is 4.79 Å². The van der Waals surface area contributed by atoms with Crippen LogP contribution in [-0.2, 0) is 4.79 Å². The third-order valence-electron chi connectivity index (χ3n) is 2.83. The van der Waals surface area contributed by atoms with Crippen LogP contribution in [0.4, 0.5) is 0 Å². The van der Waals surface area contributed by atoms with Crippen LogP contribution in [0.1, 0.15) is 65.2 Å². The van der Waals surface area contributed by atoms with E-state index in [4.69, 9.17) is 34.8 Å². The maximum Gasteiger partial charge on any atom is 0.217 e. The minimum Gasteiger partial charge on any atom is -0.354 e. The first-order valence-electron chi connectivity index (χ1n) is 6.69. The largest absolute Gasteiger partial charge is 0.354 e. The van der Waals surface area contributed by atoms with E-state index in [0.717, 1.165) is 25.7 Å². The van der Waals surface area contributed by atoms with Crippen molar-refractivity contribution in [1.82, 2.24) is 5.32 Å².